The molecule has 2 amide bonds. The molecule has 0 unspecified atom stereocenters. The fourth-order valence-electron chi connectivity index (χ4n) is 2.83. The topological polar surface area (TPSA) is 80.2 Å². The minimum Gasteiger partial charge on any atom is -0.490 e. The fourth-order valence-corrected chi connectivity index (χ4v) is 4.16. The fraction of sp³-hybridized carbons (Fsp3) is 0.286. The SMILES string of the molecule is CC(=O)NC1=NN(C(C)=O)[C@@H](c2cc(Cl)ccc2OCCOc2cccc(C)c2)S1. The van der Waals surface area contributed by atoms with Crippen molar-refractivity contribution in [1.82, 2.24) is 10.3 Å². The number of hydrazone groups is 1. The van der Waals surface area contributed by atoms with Crippen LogP contribution in [-0.4, -0.2) is 35.2 Å². The molecular formula is C21H22ClN3O4S. The zero-order chi connectivity index (χ0) is 21.7. The van der Waals surface area contributed by atoms with Crippen LogP contribution < -0.4 is 14.8 Å². The third-order valence-corrected chi connectivity index (χ3v) is 5.41. The molecule has 2 aromatic carbocycles. The minimum absolute atomic E-state index is 0.262. The number of carbonyl (C=O) groups excluding carboxylic acids is 2. The van der Waals surface area contributed by atoms with Crippen molar-refractivity contribution in [3.63, 3.8) is 0 Å². The number of rotatable bonds is 6. The van der Waals surface area contributed by atoms with Gasteiger partial charge in [0.15, 0.2) is 5.17 Å². The maximum atomic E-state index is 12.1. The number of amidine groups is 1. The number of aryl methyl sites for hydroxylation is 1. The number of benzene rings is 2. The second-order valence-electron chi connectivity index (χ2n) is 6.62. The highest BCUT2D eigenvalue weighted by Crippen LogP contribution is 2.43. The number of nitrogens with one attached hydrogen (secondary N) is 1. The summed E-state index contributed by atoms with van der Waals surface area (Å²) in [7, 11) is 0. The Morgan fingerprint density at radius 3 is 2.63 bits per heavy atom. The van der Waals surface area contributed by atoms with Crippen LogP contribution in [0.5, 0.6) is 11.5 Å². The maximum absolute atomic E-state index is 12.1. The van der Waals surface area contributed by atoms with Crippen molar-refractivity contribution in [3.05, 3.63) is 58.6 Å². The van der Waals surface area contributed by atoms with Crippen molar-refractivity contribution in [2.24, 2.45) is 5.10 Å². The zero-order valence-electron chi connectivity index (χ0n) is 16.8. The second kappa shape index (κ2) is 9.86. The highest BCUT2D eigenvalue weighted by molar-refractivity contribution is 8.14. The van der Waals surface area contributed by atoms with E-state index in [0.717, 1.165) is 11.3 Å². The van der Waals surface area contributed by atoms with Crippen molar-refractivity contribution in [3.8, 4) is 11.5 Å². The molecule has 0 aliphatic carbocycles. The van der Waals surface area contributed by atoms with Crippen molar-refractivity contribution < 1.29 is 19.1 Å². The van der Waals surface area contributed by atoms with Crippen molar-refractivity contribution in [2.75, 3.05) is 13.2 Å². The molecule has 9 heteroatoms. The third-order valence-electron chi connectivity index (χ3n) is 4.09. The number of carbonyl (C=O) groups is 2. The van der Waals surface area contributed by atoms with Crippen LogP contribution >= 0.6 is 23.4 Å². The Bertz CT molecular complexity index is 982. The lowest BCUT2D eigenvalue weighted by atomic mass is 10.2. The van der Waals surface area contributed by atoms with Gasteiger partial charge in [-0.2, -0.15) is 0 Å². The molecule has 30 heavy (non-hydrogen) atoms. The van der Waals surface area contributed by atoms with Crippen molar-refractivity contribution in [2.45, 2.75) is 26.1 Å². The minimum atomic E-state index is -0.504. The van der Waals surface area contributed by atoms with Gasteiger partial charge < -0.3 is 14.8 Å². The summed E-state index contributed by atoms with van der Waals surface area (Å²) in [4.78, 5) is 23.5. The molecule has 7 nitrogen and oxygen atoms in total. The Hall–Kier alpha value is -2.71. The molecule has 0 bridgehead atoms. The summed E-state index contributed by atoms with van der Waals surface area (Å²) in [5.41, 5.74) is 1.80. The third kappa shape index (κ3) is 5.67. The molecule has 0 fully saturated rings. The van der Waals surface area contributed by atoms with E-state index in [4.69, 9.17) is 21.1 Å². The van der Waals surface area contributed by atoms with Gasteiger partial charge in [-0.25, -0.2) is 5.01 Å². The Balaban J connectivity index is 1.71. The molecule has 3 rings (SSSR count). The summed E-state index contributed by atoms with van der Waals surface area (Å²) in [6.45, 7) is 5.46. The average Bonchev–Trinajstić information content (AvgIpc) is 3.09. The average molecular weight is 448 g/mol. The van der Waals surface area contributed by atoms with Crippen LogP contribution in [0.15, 0.2) is 47.6 Å². The molecule has 1 heterocycles. The molecule has 158 valence electrons. The lowest BCUT2D eigenvalue weighted by molar-refractivity contribution is -0.129. The standard InChI is InChI=1S/C21H22ClN3O4S/c1-13-5-4-6-17(11-13)28-9-10-29-19-8-7-16(22)12-18(19)20-25(15(3)27)24-21(30-20)23-14(2)26/h4-8,11-12,20H,9-10H2,1-3H3,(H,23,24,26)/t20-/m1/s1. The van der Waals surface area contributed by atoms with Gasteiger partial charge in [-0.15, -0.1) is 5.10 Å². The number of thioether (sulfide) groups is 1. The number of nitrogens with zero attached hydrogens (tertiary/aromatic N) is 2. The zero-order valence-corrected chi connectivity index (χ0v) is 18.4. The van der Waals surface area contributed by atoms with Crippen molar-refractivity contribution >= 4 is 40.3 Å². The number of amides is 2. The van der Waals surface area contributed by atoms with Crippen LogP contribution in [-0.2, 0) is 9.59 Å². The molecule has 1 N–H and O–H groups in total. The summed E-state index contributed by atoms with van der Waals surface area (Å²) in [5.74, 6) is 0.815. The number of halogens is 1. The molecule has 1 aliphatic heterocycles. The highest BCUT2D eigenvalue weighted by Gasteiger charge is 2.34. The van der Waals surface area contributed by atoms with Gasteiger partial charge in [0, 0.05) is 24.4 Å². The van der Waals surface area contributed by atoms with Gasteiger partial charge in [-0.3, -0.25) is 9.59 Å². The molecule has 0 aromatic heterocycles. The van der Waals surface area contributed by atoms with E-state index in [1.165, 1.54) is 30.6 Å². The largest absolute Gasteiger partial charge is 0.490 e. The monoisotopic (exact) mass is 447 g/mol. The van der Waals surface area contributed by atoms with Crippen LogP contribution in [0, 0.1) is 6.92 Å². The van der Waals surface area contributed by atoms with Gasteiger partial charge in [0.2, 0.25) is 11.8 Å². The first-order valence-corrected chi connectivity index (χ1v) is 10.5. The van der Waals surface area contributed by atoms with Gasteiger partial charge in [0.1, 0.15) is 30.1 Å². The molecule has 0 saturated carbocycles. The molecule has 0 radical (unpaired) electrons. The van der Waals surface area contributed by atoms with E-state index < -0.39 is 5.37 Å². The van der Waals surface area contributed by atoms with E-state index in [1.807, 2.05) is 31.2 Å². The smallest absolute Gasteiger partial charge is 0.241 e. The van der Waals surface area contributed by atoms with E-state index in [-0.39, 0.29) is 11.8 Å². The van der Waals surface area contributed by atoms with E-state index in [0.29, 0.717) is 34.7 Å². The predicted molar refractivity (Wildman–Crippen MR) is 118 cm³/mol. The quantitative estimate of drug-likeness (QED) is 0.674. The molecule has 0 spiro atoms. The molecule has 0 saturated heterocycles. The van der Waals surface area contributed by atoms with E-state index in [9.17, 15) is 9.59 Å². The van der Waals surface area contributed by atoms with Gasteiger partial charge in [0.05, 0.1) is 0 Å². The first-order chi connectivity index (χ1) is 14.3. The maximum Gasteiger partial charge on any atom is 0.241 e. The van der Waals surface area contributed by atoms with Crippen LogP contribution in [0.4, 0.5) is 0 Å². The van der Waals surface area contributed by atoms with Crippen LogP contribution in [0.1, 0.15) is 30.3 Å². The number of ether oxygens (including phenoxy) is 2. The first kappa shape index (κ1) is 22.0. The predicted octanol–water partition coefficient (Wildman–Crippen LogP) is 4.11. The lowest BCUT2D eigenvalue weighted by Gasteiger charge is -2.22. The summed E-state index contributed by atoms with van der Waals surface area (Å²) in [5, 5.41) is 8.48. The van der Waals surface area contributed by atoms with Crippen LogP contribution in [0.3, 0.4) is 0 Å². The van der Waals surface area contributed by atoms with Gasteiger partial charge in [-0.05, 0) is 42.8 Å². The molecule has 1 atom stereocenters. The Morgan fingerprint density at radius 2 is 1.93 bits per heavy atom. The van der Waals surface area contributed by atoms with Gasteiger partial charge in [0.25, 0.3) is 0 Å². The molecular weight excluding hydrogens is 426 g/mol. The first-order valence-electron chi connectivity index (χ1n) is 9.28. The van der Waals surface area contributed by atoms with E-state index in [2.05, 4.69) is 10.4 Å². The Kier molecular flexibility index (Phi) is 7.23. The van der Waals surface area contributed by atoms with Gasteiger partial charge in [-0.1, -0.05) is 35.5 Å². The number of hydrogen-bond donors (Lipinski definition) is 1. The van der Waals surface area contributed by atoms with Crippen molar-refractivity contribution in [1.29, 1.82) is 0 Å². The summed E-state index contributed by atoms with van der Waals surface area (Å²) >= 11 is 7.44. The van der Waals surface area contributed by atoms with Crippen LogP contribution in [0.25, 0.3) is 0 Å². The van der Waals surface area contributed by atoms with Crippen LogP contribution in [0.2, 0.25) is 5.02 Å². The Labute approximate surface area is 184 Å². The Morgan fingerprint density at radius 1 is 1.17 bits per heavy atom. The van der Waals surface area contributed by atoms with Gasteiger partial charge >= 0.3 is 0 Å². The molecule has 1 aliphatic rings. The highest BCUT2D eigenvalue weighted by atomic mass is 35.5. The molecule has 2 aromatic rings. The number of hydrogen-bond acceptors (Lipinski definition) is 6. The second-order valence-corrected chi connectivity index (χ2v) is 8.12. The summed E-state index contributed by atoms with van der Waals surface area (Å²) in [6.07, 6.45) is 0. The normalized spacial score (nSPS) is 15.5. The van der Waals surface area contributed by atoms with E-state index in [1.54, 1.807) is 18.2 Å². The summed E-state index contributed by atoms with van der Waals surface area (Å²) in [6, 6.07) is 13.0. The van der Waals surface area contributed by atoms with E-state index >= 15 is 0 Å². The lowest BCUT2D eigenvalue weighted by Crippen LogP contribution is -2.25. The summed E-state index contributed by atoms with van der Waals surface area (Å²) < 4.78 is 11.7.